The van der Waals surface area contributed by atoms with Crippen molar-refractivity contribution in [3.63, 3.8) is 0 Å². The van der Waals surface area contributed by atoms with Gasteiger partial charge in [0.05, 0.1) is 29.1 Å². The molecule has 0 aromatic carbocycles. The molecule has 0 radical (unpaired) electrons. The SMILES string of the molecule is C[C@H]1[C@H]([C@H]2O[C@@]34C[C@H]5[C@@H](C[C@H](O)C6=CC=CC(=O)[C@@]65C)[C@@H]5C[C@H](O3)[C@@H]([C@@H]54)[C@@]2(C)O)OC(=O)[C@@H]1C. The van der Waals surface area contributed by atoms with Crippen LogP contribution in [-0.2, 0) is 23.8 Å². The number of hydrogen-bond donors (Lipinski definition) is 2. The van der Waals surface area contributed by atoms with Crippen LogP contribution in [0.5, 0.6) is 0 Å². The Morgan fingerprint density at radius 1 is 1.06 bits per heavy atom. The van der Waals surface area contributed by atoms with Crippen molar-refractivity contribution in [1.82, 2.24) is 0 Å². The van der Waals surface area contributed by atoms with Gasteiger partial charge in [0.2, 0.25) is 0 Å². The number of fused-ring (bicyclic) bond motifs is 4. The van der Waals surface area contributed by atoms with Gasteiger partial charge in [-0.3, -0.25) is 9.59 Å². The fourth-order valence-corrected chi connectivity index (χ4v) is 9.44. The van der Waals surface area contributed by atoms with E-state index in [1.807, 2.05) is 33.8 Å². The molecule has 6 fully saturated rings. The molecule has 0 aromatic heterocycles. The fraction of sp³-hybridized carbons (Fsp3) is 0.778. The Balaban J connectivity index is 1.31. The molecular weight excluding hydrogens is 436 g/mol. The molecule has 14 atom stereocenters. The lowest BCUT2D eigenvalue weighted by atomic mass is 9.47. The van der Waals surface area contributed by atoms with Gasteiger partial charge in [-0.05, 0) is 56.1 Å². The quantitative estimate of drug-likeness (QED) is 0.566. The van der Waals surface area contributed by atoms with Crippen LogP contribution in [0.4, 0.5) is 0 Å². The molecule has 3 saturated carbocycles. The molecule has 2 N–H and O–H groups in total. The summed E-state index contributed by atoms with van der Waals surface area (Å²) in [5.74, 6) is -1.20. The van der Waals surface area contributed by atoms with Gasteiger partial charge in [0.15, 0.2) is 11.6 Å². The van der Waals surface area contributed by atoms with Gasteiger partial charge < -0.3 is 24.4 Å². The smallest absolute Gasteiger partial charge is 0.309 e. The fourth-order valence-electron chi connectivity index (χ4n) is 9.44. The molecule has 34 heavy (non-hydrogen) atoms. The first kappa shape index (κ1) is 21.7. The molecule has 4 bridgehead atoms. The van der Waals surface area contributed by atoms with Gasteiger partial charge in [-0.1, -0.05) is 26.0 Å². The van der Waals surface area contributed by atoms with Gasteiger partial charge in [0.25, 0.3) is 0 Å². The van der Waals surface area contributed by atoms with Gasteiger partial charge in [-0.2, -0.15) is 0 Å². The Morgan fingerprint density at radius 2 is 1.82 bits per heavy atom. The number of hydrogen-bond acceptors (Lipinski definition) is 7. The minimum absolute atomic E-state index is 0.00500. The number of ether oxygens (including phenoxy) is 3. The summed E-state index contributed by atoms with van der Waals surface area (Å²) in [6.07, 6.45) is 5.26. The van der Waals surface area contributed by atoms with Gasteiger partial charge >= 0.3 is 5.97 Å². The molecule has 0 aromatic rings. The average Bonchev–Trinajstić information content (AvgIpc) is 3.38. The van der Waals surface area contributed by atoms with Crippen molar-refractivity contribution in [3.8, 4) is 0 Å². The van der Waals surface area contributed by atoms with Crippen LogP contribution in [-0.4, -0.2) is 57.8 Å². The monoisotopic (exact) mass is 470 g/mol. The third kappa shape index (κ3) is 2.29. The first-order valence-corrected chi connectivity index (χ1v) is 12.9. The second kappa shape index (κ2) is 6.41. The van der Waals surface area contributed by atoms with E-state index in [9.17, 15) is 19.8 Å². The predicted molar refractivity (Wildman–Crippen MR) is 119 cm³/mol. The average molecular weight is 471 g/mol. The second-order valence-electron chi connectivity index (χ2n) is 12.5. The maximum absolute atomic E-state index is 13.3. The molecule has 7 rings (SSSR count). The Hall–Kier alpha value is -1.54. The molecule has 4 aliphatic carbocycles. The number of rotatable bonds is 1. The lowest BCUT2D eigenvalue weighted by Crippen LogP contribution is -2.69. The number of aliphatic hydroxyl groups is 2. The van der Waals surface area contributed by atoms with E-state index in [0.717, 1.165) is 12.0 Å². The highest BCUT2D eigenvalue weighted by atomic mass is 16.7. The maximum Gasteiger partial charge on any atom is 0.309 e. The Kier molecular flexibility index (Phi) is 4.10. The summed E-state index contributed by atoms with van der Waals surface area (Å²) in [5.41, 5.74) is -1.19. The van der Waals surface area contributed by atoms with E-state index in [2.05, 4.69) is 0 Å². The maximum atomic E-state index is 13.3. The third-order valence-corrected chi connectivity index (χ3v) is 11.2. The van der Waals surface area contributed by atoms with Gasteiger partial charge in [0, 0.05) is 24.2 Å². The molecule has 184 valence electrons. The topological polar surface area (TPSA) is 102 Å². The number of carbonyl (C=O) groups excluding carboxylic acids is 2. The summed E-state index contributed by atoms with van der Waals surface area (Å²) in [6.45, 7) is 7.64. The zero-order valence-corrected chi connectivity index (χ0v) is 20.1. The highest BCUT2D eigenvalue weighted by molar-refractivity contribution is 5.99. The summed E-state index contributed by atoms with van der Waals surface area (Å²) in [6, 6.07) is 0. The third-order valence-electron chi connectivity index (χ3n) is 11.2. The zero-order valence-electron chi connectivity index (χ0n) is 20.1. The molecule has 3 aliphatic heterocycles. The number of esters is 1. The lowest BCUT2D eigenvalue weighted by Gasteiger charge is -2.62. The summed E-state index contributed by atoms with van der Waals surface area (Å²) in [5, 5.41) is 23.0. The van der Waals surface area contributed by atoms with Crippen molar-refractivity contribution in [2.45, 2.75) is 82.8 Å². The highest BCUT2D eigenvalue weighted by Gasteiger charge is 2.79. The predicted octanol–water partition coefficient (Wildman–Crippen LogP) is 2.15. The van der Waals surface area contributed by atoms with Crippen LogP contribution in [0, 0.1) is 46.8 Å². The molecule has 3 heterocycles. The first-order valence-electron chi connectivity index (χ1n) is 12.9. The second-order valence-corrected chi connectivity index (χ2v) is 12.5. The Labute approximate surface area is 199 Å². The summed E-state index contributed by atoms with van der Waals surface area (Å²) < 4.78 is 19.2. The summed E-state index contributed by atoms with van der Waals surface area (Å²) in [4.78, 5) is 25.7. The van der Waals surface area contributed by atoms with Crippen LogP contribution in [0.25, 0.3) is 0 Å². The van der Waals surface area contributed by atoms with Gasteiger partial charge in [-0.25, -0.2) is 0 Å². The van der Waals surface area contributed by atoms with E-state index in [1.54, 1.807) is 12.2 Å². The minimum Gasteiger partial charge on any atom is -0.459 e. The van der Waals surface area contributed by atoms with E-state index < -0.39 is 35.1 Å². The van der Waals surface area contributed by atoms with E-state index in [4.69, 9.17) is 14.2 Å². The number of ketones is 1. The van der Waals surface area contributed by atoms with E-state index >= 15 is 0 Å². The lowest BCUT2D eigenvalue weighted by molar-refractivity contribution is -0.363. The largest absolute Gasteiger partial charge is 0.459 e. The van der Waals surface area contributed by atoms with E-state index in [1.165, 1.54) is 0 Å². The Bertz CT molecular complexity index is 1050. The molecule has 7 heteroatoms. The molecular formula is C27H34O7. The summed E-state index contributed by atoms with van der Waals surface area (Å²) >= 11 is 0. The highest BCUT2D eigenvalue weighted by Crippen LogP contribution is 2.72. The van der Waals surface area contributed by atoms with Gasteiger partial charge in [0.1, 0.15) is 12.2 Å². The van der Waals surface area contributed by atoms with E-state index in [0.29, 0.717) is 12.8 Å². The van der Waals surface area contributed by atoms with Crippen LogP contribution >= 0.6 is 0 Å². The van der Waals surface area contributed by atoms with Crippen molar-refractivity contribution < 1.29 is 34.0 Å². The van der Waals surface area contributed by atoms with Crippen molar-refractivity contribution in [3.05, 3.63) is 23.8 Å². The van der Waals surface area contributed by atoms with Crippen LogP contribution in [0.2, 0.25) is 0 Å². The number of cyclic esters (lactones) is 1. The van der Waals surface area contributed by atoms with Crippen LogP contribution in [0.1, 0.15) is 47.0 Å². The molecule has 0 unspecified atom stereocenters. The first-order chi connectivity index (χ1) is 16.0. The van der Waals surface area contributed by atoms with Crippen molar-refractivity contribution in [1.29, 1.82) is 0 Å². The molecule has 0 amide bonds. The van der Waals surface area contributed by atoms with E-state index in [-0.39, 0.29) is 59.3 Å². The summed E-state index contributed by atoms with van der Waals surface area (Å²) in [7, 11) is 0. The minimum atomic E-state index is -1.20. The van der Waals surface area contributed by atoms with Crippen molar-refractivity contribution in [2.75, 3.05) is 0 Å². The zero-order chi connectivity index (χ0) is 23.9. The number of allylic oxidation sites excluding steroid dienone is 3. The molecule has 0 spiro atoms. The Morgan fingerprint density at radius 3 is 2.53 bits per heavy atom. The van der Waals surface area contributed by atoms with Crippen molar-refractivity contribution >= 4 is 11.8 Å². The number of carbonyl (C=O) groups is 2. The van der Waals surface area contributed by atoms with Gasteiger partial charge in [-0.15, -0.1) is 0 Å². The van der Waals surface area contributed by atoms with Crippen LogP contribution < -0.4 is 0 Å². The standard InChI is InChI=1S/C27H34O7/c1-11-12(2)24(30)32-22(11)23-26(4,31)21-18-9-14-13-8-17(28)15-6-5-7-19(29)25(15,3)16(13)10-27(33-18,34-23)20(14)21/h5-7,11-14,16-18,20-23,28,31H,8-10H2,1-4H3/t11-,12-,13+,14+,16+,17+,18+,20-,21+,22-,23-,25+,26-,27-/m1/s1. The molecule has 7 aliphatic rings. The number of aliphatic hydroxyl groups excluding tert-OH is 1. The van der Waals surface area contributed by atoms with Crippen LogP contribution in [0.3, 0.4) is 0 Å². The molecule has 7 nitrogen and oxygen atoms in total. The normalized spacial score (nSPS) is 61.1. The van der Waals surface area contributed by atoms with Crippen molar-refractivity contribution in [2.24, 2.45) is 46.8 Å². The van der Waals surface area contributed by atoms with Crippen LogP contribution in [0.15, 0.2) is 23.8 Å². The molecule has 3 saturated heterocycles.